The van der Waals surface area contributed by atoms with Crippen molar-refractivity contribution in [1.82, 2.24) is 15.1 Å². The average molecular weight is 539 g/mol. The number of nitrogens with one attached hydrogen (secondary N) is 1. The number of para-hydroxylation sites is 1. The lowest BCUT2D eigenvalue weighted by Gasteiger charge is -2.43. The fourth-order valence-electron chi connectivity index (χ4n) is 5.81. The standard InChI is InChI=1S/C33H38N4O3/c1-2-3-10-26-15-17-28(18-16-26)31(39)35-21-19-33(20-22-35)32(40)36(25-37(33)29-13-8-5-9-14-29)24-30(38)34-23-27-11-6-4-7-12-27/h4-9,11-18H,2-3,10,19-25H2,1H3,(H,34,38). The molecule has 3 amide bonds. The number of anilines is 1. The third-order valence-corrected chi connectivity index (χ3v) is 8.15. The molecule has 0 bridgehead atoms. The van der Waals surface area contributed by atoms with Crippen LogP contribution in [0.4, 0.5) is 5.69 Å². The number of likely N-dealkylation sites (tertiary alicyclic amines) is 1. The number of unbranched alkanes of at least 4 members (excludes halogenated alkanes) is 1. The van der Waals surface area contributed by atoms with E-state index in [0.717, 1.165) is 30.5 Å². The molecule has 7 heteroatoms. The summed E-state index contributed by atoms with van der Waals surface area (Å²) < 4.78 is 0. The Hall–Kier alpha value is -4.13. The Morgan fingerprint density at radius 3 is 2.15 bits per heavy atom. The minimum absolute atomic E-state index is 0.00375. The molecule has 2 saturated heterocycles. The largest absolute Gasteiger partial charge is 0.350 e. The Balaban J connectivity index is 1.27. The van der Waals surface area contributed by atoms with Gasteiger partial charge in [-0.1, -0.05) is 74.0 Å². The molecule has 3 aromatic rings. The summed E-state index contributed by atoms with van der Waals surface area (Å²) in [6, 6.07) is 27.6. The first-order valence-corrected chi connectivity index (χ1v) is 14.3. The number of hydrogen-bond acceptors (Lipinski definition) is 4. The van der Waals surface area contributed by atoms with Crippen LogP contribution in [0.5, 0.6) is 0 Å². The molecule has 1 N–H and O–H groups in total. The third-order valence-electron chi connectivity index (χ3n) is 8.15. The molecule has 2 fully saturated rings. The van der Waals surface area contributed by atoms with Crippen molar-refractivity contribution in [2.75, 3.05) is 31.2 Å². The van der Waals surface area contributed by atoms with E-state index in [1.54, 1.807) is 4.90 Å². The van der Waals surface area contributed by atoms with Gasteiger partial charge in [-0.25, -0.2) is 0 Å². The average Bonchev–Trinajstić information content (AvgIpc) is 3.26. The summed E-state index contributed by atoms with van der Waals surface area (Å²) in [4.78, 5) is 45.7. The lowest BCUT2D eigenvalue weighted by Crippen LogP contribution is -2.57. The summed E-state index contributed by atoms with van der Waals surface area (Å²) >= 11 is 0. The van der Waals surface area contributed by atoms with Gasteiger partial charge in [0.15, 0.2) is 0 Å². The summed E-state index contributed by atoms with van der Waals surface area (Å²) in [6.07, 6.45) is 4.34. The molecule has 40 heavy (non-hydrogen) atoms. The topological polar surface area (TPSA) is 73.0 Å². The molecule has 2 heterocycles. The van der Waals surface area contributed by atoms with Crippen LogP contribution in [0.3, 0.4) is 0 Å². The van der Waals surface area contributed by atoms with E-state index >= 15 is 0 Å². The minimum atomic E-state index is -0.776. The maximum absolute atomic E-state index is 13.9. The van der Waals surface area contributed by atoms with Gasteiger partial charge in [-0.15, -0.1) is 0 Å². The Bertz CT molecular complexity index is 1300. The molecule has 0 aromatic heterocycles. The number of benzene rings is 3. The van der Waals surface area contributed by atoms with E-state index in [9.17, 15) is 14.4 Å². The van der Waals surface area contributed by atoms with Gasteiger partial charge in [0.25, 0.3) is 11.8 Å². The second-order valence-electron chi connectivity index (χ2n) is 10.8. The summed E-state index contributed by atoms with van der Waals surface area (Å²) in [5.74, 6) is -0.221. The molecular weight excluding hydrogens is 500 g/mol. The van der Waals surface area contributed by atoms with Gasteiger partial charge in [0.2, 0.25) is 5.91 Å². The maximum Gasteiger partial charge on any atom is 0.253 e. The van der Waals surface area contributed by atoms with Crippen LogP contribution in [0.2, 0.25) is 0 Å². The van der Waals surface area contributed by atoms with Crippen molar-refractivity contribution in [1.29, 1.82) is 0 Å². The number of nitrogens with zero attached hydrogens (tertiary/aromatic N) is 3. The highest BCUT2D eigenvalue weighted by Crippen LogP contribution is 2.39. The van der Waals surface area contributed by atoms with Gasteiger partial charge >= 0.3 is 0 Å². The van der Waals surface area contributed by atoms with Gasteiger partial charge in [-0.3, -0.25) is 14.4 Å². The highest BCUT2D eigenvalue weighted by Gasteiger charge is 2.54. The van der Waals surface area contributed by atoms with Crippen molar-refractivity contribution < 1.29 is 14.4 Å². The van der Waals surface area contributed by atoms with E-state index in [2.05, 4.69) is 17.1 Å². The number of hydrogen-bond donors (Lipinski definition) is 1. The van der Waals surface area contributed by atoms with Crippen molar-refractivity contribution in [3.63, 3.8) is 0 Å². The predicted octanol–water partition coefficient (Wildman–Crippen LogP) is 4.63. The lowest BCUT2D eigenvalue weighted by atomic mass is 9.85. The van der Waals surface area contributed by atoms with E-state index in [-0.39, 0.29) is 24.3 Å². The van der Waals surface area contributed by atoms with Gasteiger partial charge in [0.1, 0.15) is 12.1 Å². The molecule has 0 unspecified atom stereocenters. The quantitative estimate of drug-likeness (QED) is 0.431. The second-order valence-corrected chi connectivity index (χ2v) is 10.8. The van der Waals surface area contributed by atoms with Gasteiger partial charge < -0.3 is 20.0 Å². The zero-order valence-corrected chi connectivity index (χ0v) is 23.2. The van der Waals surface area contributed by atoms with Crippen molar-refractivity contribution in [2.45, 2.75) is 51.1 Å². The summed E-state index contributed by atoms with van der Waals surface area (Å²) in [5, 5.41) is 2.94. The molecule has 0 saturated carbocycles. The molecule has 0 radical (unpaired) electrons. The van der Waals surface area contributed by atoms with Crippen LogP contribution >= 0.6 is 0 Å². The summed E-state index contributed by atoms with van der Waals surface area (Å²) in [7, 11) is 0. The van der Waals surface area contributed by atoms with E-state index in [4.69, 9.17) is 0 Å². The van der Waals surface area contributed by atoms with Crippen LogP contribution < -0.4 is 10.2 Å². The number of aryl methyl sites for hydroxylation is 1. The summed E-state index contributed by atoms with van der Waals surface area (Å²) in [5.41, 5.74) is 3.12. The molecule has 1 spiro atoms. The van der Waals surface area contributed by atoms with E-state index in [1.165, 1.54) is 5.56 Å². The van der Waals surface area contributed by atoms with Crippen molar-refractivity contribution in [3.05, 3.63) is 102 Å². The van der Waals surface area contributed by atoms with Gasteiger partial charge in [-0.2, -0.15) is 0 Å². The van der Waals surface area contributed by atoms with E-state index in [1.807, 2.05) is 89.8 Å². The Kier molecular flexibility index (Phi) is 8.48. The van der Waals surface area contributed by atoms with Crippen molar-refractivity contribution in [3.8, 4) is 0 Å². The normalized spacial score (nSPS) is 16.4. The zero-order chi connectivity index (χ0) is 28.0. The first-order chi connectivity index (χ1) is 19.5. The van der Waals surface area contributed by atoms with Crippen LogP contribution in [-0.2, 0) is 22.6 Å². The Morgan fingerprint density at radius 2 is 1.50 bits per heavy atom. The molecule has 3 aromatic carbocycles. The first kappa shape index (κ1) is 27.4. The Labute approximate surface area is 236 Å². The minimum Gasteiger partial charge on any atom is -0.350 e. The maximum atomic E-state index is 13.9. The number of amides is 3. The Morgan fingerprint density at radius 1 is 0.850 bits per heavy atom. The van der Waals surface area contributed by atoms with Crippen molar-refractivity contribution in [2.24, 2.45) is 0 Å². The highest BCUT2D eigenvalue weighted by atomic mass is 16.2. The number of rotatable bonds is 9. The van der Waals surface area contributed by atoms with E-state index < -0.39 is 5.54 Å². The zero-order valence-electron chi connectivity index (χ0n) is 23.2. The number of carbonyl (C=O) groups excluding carboxylic acids is 3. The third kappa shape index (κ3) is 5.88. The molecular formula is C33H38N4O3. The van der Waals surface area contributed by atoms with Crippen LogP contribution in [-0.4, -0.2) is 59.4 Å². The number of piperidine rings is 1. The smallest absolute Gasteiger partial charge is 0.253 e. The van der Waals surface area contributed by atoms with Crippen LogP contribution in [0.25, 0.3) is 0 Å². The molecule has 2 aliphatic rings. The van der Waals surface area contributed by atoms with Gasteiger partial charge in [-0.05, 0) is 61.1 Å². The molecule has 5 rings (SSSR count). The van der Waals surface area contributed by atoms with Crippen molar-refractivity contribution >= 4 is 23.4 Å². The molecule has 0 atom stereocenters. The van der Waals surface area contributed by atoms with Gasteiger partial charge in [0, 0.05) is 30.9 Å². The lowest BCUT2D eigenvalue weighted by molar-refractivity contribution is -0.137. The molecule has 2 aliphatic heterocycles. The fourth-order valence-corrected chi connectivity index (χ4v) is 5.81. The SMILES string of the molecule is CCCCc1ccc(C(=O)N2CCC3(CC2)C(=O)N(CC(=O)NCc2ccccc2)CN3c2ccccc2)cc1. The van der Waals surface area contributed by atoms with Crippen LogP contribution in [0, 0.1) is 0 Å². The van der Waals surface area contributed by atoms with E-state index in [0.29, 0.717) is 44.7 Å². The number of carbonyl (C=O) groups is 3. The van der Waals surface area contributed by atoms with Gasteiger partial charge in [0.05, 0.1) is 6.67 Å². The molecule has 208 valence electrons. The summed E-state index contributed by atoms with van der Waals surface area (Å²) in [6.45, 7) is 3.92. The van der Waals surface area contributed by atoms with Crippen LogP contribution in [0.1, 0.15) is 54.1 Å². The first-order valence-electron chi connectivity index (χ1n) is 14.3. The second kappa shape index (κ2) is 12.4. The predicted molar refractivity (Wildman–Crippen MR) is 157 cm³/mol. The monoisotopic (exact) mass is 538 g/mol. The highest BCUT2D eigenvalue weighted by molar-refractivity contribution is 5.97. The molecule has 7 nitrogen and oxygen atoms in total. The van der Waals surface area contributed by atoms with Crippen LogP contribution in [0.15, 0.2) is 84.9 Å². The molecule has 0 aliphatic carbocycles. The fraction of sp³-hybridized carbons (Fsp3) is 0.364.